The molecule has 4 heterocycles. The van der Waals surface area contributed by atoms with Gasteiger partial charge in [0.1, 0.15) is 66.5 Å². The molecule has 14 amide bonds. The summed E-state index contributed by atoms with van der Waals surface area (Å²) in [5.74, 6) is -24.0. The van der Waals surface area contributed by atoms with E-state index in [9.17, 15) is 121 Å². The number of hydrogen-bond donors (Lipinski definition) is 22. The smallest absolute Gasteiger partial charge is 0.317 e. The normalized spacial score (nSPS) is 22.6. The molecule has 3 aliphatic rings. The number of aliphatic hydroxyl groups is 2. The highest BCUT2D eigenvalue weighted by Crippen LogP contribution is 2.25. The highest BCUT2D eigenvalue weighted by Gasteiger charge is 2.43. The third kappa shape index (κ3) is 38.0. The van der Waals surface area contributed by atoms with Crippen LogP contribution in [0.1, 0.15) is 101 Å². The lowest BCUT2D eigenvalue weighted by atomic mass is 9.99. The molecule has 7 rings (SSSR count). The molecule has 1 aromatic heterocycles. The van der Waals surface area contributed by atoms with Crippen LogP contribution in [0.5, 0.6) is 0 Å². The number of rotatable bonds is 32. The number of thioether (sulfide) groups is 2. The standard InChI is InChI=1S/C85H120N20O28S3/c1-47(2)32-58-80(126)100-74(48(3)107)84(130)96-60(35-52-37-89-55-11-5-4-10-54(52)55)78(124)97-62(42-106)81(127)98-63(75(87)121)45-134-43-50-8-6-9-51(33-50)44-135-46-64(99-76(122)56(17-19-66(86)108)91-68(110)38-101-23-25-102(39-71(115)116)27-29-104(41-73(119)120)30-28-103(26-24-101)40-72(117)118)82(128)92-57(18-20-69(111)112)85(131)105-22-7-12-65(105)83(129)95-61(36-70(113)114)79(125)94-59(77(123)93-58)34-49-13-15-53(16-14-49)90-67(109)21-31-136(88,132)133/h4-6,8-11,13-16,33,37,47-48,56-65,74,89,106-107H,7,12,17-32,34-36,38-46H2,1-3H3,(H2,86,108)(H2,87,121)(H,90,109)(H,91,110)(H,92,128)(H,93,123)(H,94,125)(H,95,129)(H,96,130)(H,97,124)(H,98,127)(H,99,122)(H,100,126)(H,111,112)(H,113,114)(H,115,116)(H,117,118)(H,119,120)(H2,88,132,133)/t48-,56+,57+,58?,59+,60+,61+,62+,63+,64+,65-,74+/m1/s1. The van der Waals surface area contributed by atoms with Crippen LogP contribution in [0, 0.1) is 5.92 Å². The van der Waals surface area contributed by atoms with Crippen LogP contribution in [-0.4, -0.2) is 368 Å². The second-order valence-electron chi connectivity index (χ2n) is 33.5. The summed E-state index contributed by atoms with van der Waals surface area (Å²) < 4.78 is 23.3. The topological polar surface area (TPSA) is 742 Å². The molecule has 4 aromatic rings. The number of hydrogen-bond acceptors (Lipinski definition) is 29. The molecule has 0 spiro atoms. The fraction of sp³-hybridized carbons (Fsp3) is 0.541. The van der Waals surface area contributed by atoms with Crippen LogP contribution in [0.4, 0.5) is 5.69 Å². The molecular formula is C85H120N20O28S3. The van der Waals surface area contributed by atoms with Crippen LogP contribution in [0.25, 0.3) is 10.9 Å². The zero-order chi connectivity index (χ0) is 100. The molecule has 3 aromatic carbocycles. The molecule has 136 heavy (non-hydrogen) atoms. The number of aliphatic carboxylic acids is 5. The summed E-state index contributed by atoms with van der Waals surface area (Å²) in [6, 6.07) is -0.821. The first-order chi connectivity index (χ1) is 64.3. The van der Waals surface area contributed by atoms with Crippen LogP contribution >= 0.6 is 23.5 Å². The van der Waals surface area contributed by atoms with E-state index in [4.69, 9.17) is 16.6 Å². The molecule has 0 saturated carbocycles. The number of sulfonamides is 1. The Hall–Kier alpha value is -12.5. The molecule has 1 unspecified atom stereocenters. The third-order valence-corrected chi connectivity index (χ3v) is 25.1. The van der Waals surface area contributed by atoms with E-state index in [2.05, 4.69) is 63.5 Å². The molecule has 12 atom stereocenters. The van der Waals surface area contributed by atoms with Crippen molar-refractivity contribution in [1.82, 2.24) is 82.7 Å². The monoisotopic (exact) mass is 1960 g/mol. The number of carboxylic acid groups (broad SMARTS) is 5. The fourth-order valence-corrected chi connectivity index (χ4v) is 17.5. The lowest BCUT2D eigenvalue weighted by Crippen LogP contribution is -2.62. The maximum Gasteiger partial charge on any atom is 0.317 e. The van der Waals surface area contributed by atoms with Crippen molar-refractivity contribution >= 4 is 163 Å². The number of carbonyl (C=O) groups is 19. The van der Waals surface area contributed by atoms with E-state index in [1.807, 2.05) is 0 Å². The molecule has 25 N–H and O–H groups in total. The van der Waals surface area contributed by atoms with Crippen LogP contribution in [0.3, 0.4) is 0 Å². The van der Waals surface area contributed by atoms with E-state index in [0.29, 0.717) is 27.6 Å². The van der Waals surface area contributed by atoms with Gasteiger partial charge in [0.15, 0.2) is 0 Å². The average Bonchev–Trinajstić information content (AvgIpc) is 1.64. The van der Waals surface area contributed by atoms with E-state index in [-0.39, 0.29) is 113 Å². The number of aromatic nitrogens is 1. The zero-order valence-corrected chi connectivity index (χ0v) is 77.6. The number of nitrogens with two attached hydrogens (primary N) is 3. The number of aromatic amines is 1. The van der Waals surface area contributed by atoms with Crippen LogP contribution in [-0.2, 0) is 125 Å². The number of carbonyl (C=O) groups excluding carboxylic acids is 14. The highest BCUT2D eigenvalue weighted by molar-refractivity contribution is 7.98. The first-order valence-corrected chi connectivity index (χ1v) is 47.7. The van der Waals surface area contributed by atoms with Crippen molar-refractivity contribution in [2.24, 2.45) is 22.5 Å². The number of primary amides is 2. The predicted molar refractivity (Wildman–Crippen MR) is 490 cm³/mol. The lowest BCUT2D eigenvalue weighted by Gasteiger charge is -2.33. The van der Waals surface area contributed by atoms with Gasteiger partial charge in [0, 0.05) is 137 Å². The predicted octanol–water partition coefficient (Wildman–Crippen LogP) is -6.43. The molecule has 2 fully saturated rings. The first kappa shape index (κ1) is 111. The summed E-state index contributed by atoms with van der Waals surface area (Å²) >= 11 is 2.11. The number of H-pyrrole nitrogens is 1. The van der Waals surface area contributed by atoms with Crippen molar-refractivity contribution in [2.75, 3.05) is 114 Å². The van der Waals surface area contributed by atoms with Gasteiger partial charge < -0.3 is 116 Å². The summed E-state index contributed by atoms with van der Waals surface area (Å²) in [5.41, 5.74) is 13.9. The highest BCUT2D eigenvalue weighted by atomic mass is 32.2. The molecule has 3 aliphatic heterocycles. The van der Waals surface area contributed by atoms with Crippen molar-refractivity contribution in [3.8, 4) is 0 Å². The minimum absolute atomic E-state index is 0.0153. The summed E-state index contributed by atoms with van der Waals surface area (Å²) in [6.45, 7) is 0.949. The first-order valence-electron chi connectivity index (χ1n) is 43.7. The summed E-state index contributed by atoms with van der Waals surface area (Å²) in [4.78, 5) is 273. The molecule has 746 valence electrons. The fourth-order valence-electron chi connectivity index (χ4n) is 15.0. The maximum absolute atomic E-state index is 15.2. The van der Waals surface area contributed by atoms with Gasteiger partial charge >= 0.3 is 29.8 Å². The number of anilines is 1. The van der Waals surface area contributed by atoms with Gasteiger partial charge in [-0.05, 0) is 85.4 Å². The lowest BCUT2D eigenvalue weighted by molar-refractivity contribution is -0.145. The van der Waals surface area contributed by atoms with E-state index in [1.165, 1.54) is 50.1 Å². The van der Waals surface area contributed by atoms with E-state index >= 15 is 14.4 Å². The van der Waals surface area contributed by atoms with E-state index in [1.54, 1.807) is 62.4 Å². The Bertz CT molecular complexity index is 5020. The third-order valence-electron chi connectivity index (χ3n) is 22.1. The number of carboxylic acids is 5. The van der Waals surface area contributed by atoms with Gasteiger partial charge in [0.25, 0.3) is 0 Å². The van der Waals surface area contributed by atoms with Crippen LogP contribution in [0.2, 0.25) is 0 Å². The van der Waals surface area contributed by atoms with Gasteiger partial charge in [-0.15, -0.1) is 0 Å². The number of para-hydroxylation sites is 1. The number of nitrogens with one attached hydrogen (secondary N) is 12. The van der Waals surface area contributed by atoms with Crippen molar-refractivity contribution in [3.05, 3.63) is 101 Å². The second-order valence-corrected chi connectivity index (χ2v) is 37.3. The Kier molecular flexibility index (Phi) is 44.1. The molecule has 0 aliphatic carbocycles. The minimum Gasteiger partial charge on any atom is -0.481 e. The quantitative estimate of drug-likeness (QED) is 0.0216. The Morgan fingerprint density at radius 2 is 1.06 bits per heavy atom. The number of amides is 14. The van der Waals surface area contributed by atoms with Gasteiger partial charge in [-0.3, -0.25) is 111 Å². The number of benzene rings is 3. The van der Waals surface area contributed by atoms with E-state index in [0.717, 1.165) is 35.3 Å². The van der Waals surface area contributed by atoms with Crippen LogP contribution < -0.4 is 75.1 Å². The van der Waals surface area contributed by atoms with Gasteiger partial charge in [0.05, 0.1) is 51.1 Å². The number of primary sulfonamides is 1. The molecular weight excluding hydrogens is 1850 g/mol. The van der Waals surface area contributed by atoms with Crippen LogP contribution in [0.15, 0.2) is 79.0 Å². The average molecular weight is 1970 g/mol. The maximum atomic E-state index is 15.2. The molecule has 51 heteroatoms. The Morgan fingerprint density at radius 3 is 1.60 bits per heavy atom. The van der Waals surface area contributed by atoms with Gasteiger partial charge in [-0.2, -0.15) is 23.5 Å². The molecule has 0 radical (unpaired) electrons. The molecule has 2 bridgehead atoms. The van der Waals surface area contributed by atoms with Crippen molar-refractivity contribution in [3.63, 3.8) is 0 Å². The Morgan fingerprint density at radius 1 is 0.537 bits per heavy atom. The minimum atomic E-state index is -4.07. The van der Waals surface area contributed by atoms with Gasteiger partial charge in [-0.25, -0.2) is 13.6 Å². The van der Waals surface area contributed by atoms with Gasteiger partial charge in [-0.1, -0.05) is 68.4 Å². The van der Waals surface area contributed by atoms with E-state index < -0.39 is 290 Å². The van der Waals surface area contributed by atoms with Gasteiger partial charge in [0.2, 0.25) is 92.7 Å². The largest absolute Gasteiger partial charge is 0.481 e. The summed E-state index contributed by atoms with van der Waals surface area (Å²) in [7, 11) is -4.07. The second kappa shape index (κ2) is 54.3. The zero-order valence-electron chi connectivity index (χ0n) is 75.1. The van der Waals surface area contributed by atoms with Crippen molar-refractivity contribution in [1.29, 1.82) is 0 Å². The number of fused-ring (bicyclic) bond motifs is 4. The Labute approximate surface area is 790 Å². The van der Waals surface area contributed by atoms with Crippen molar-refractivity contribution < 1.29 is 135 Å². The molecule has 2 saturated heterocycles. The summed E-state index contributed by atoms with van der Waals surface area (Å²) in [6.07, 6.45) is -6.04. The SMILES string of the molecule is CC(C)CC1NC(=O)[C@H](Cc2ccc(NC(=O)CCS(N)(=O)=O)cc2)NC(=O)[C@H](CC(=O)O)NC(=O)[C@H]2CCCN2C(=O)[C@H](CCC(=O)O)NC(=O)[C@@H](NC(=O)[C@H](CCC(N)=O)NC(=O)CN2CCN(CC(=O)O)CCN(CC(=O)O)CCN(CC(=O)O)CC2)CSCc2cccc(c2)CSC[C@@H](C(N)=O)NC(=O)[C@H](CO)NC(=O)[C@H](Cc2c[nH]c3ccccc23)NC(=O)[C@H]([C@@H](C)O)NC1=O. The summed E-state index contributed by atoms with van der Waals surface area (Å²) in [5, 5.41) is 105. The van der Waals surface area contributed by atoms with Crippen molar-refractivity contribution in [2.45, 2.75) is 175 Å². The Balaban J connectivity index is 1.28. The molecule has 48 nitrogen and oxygen atoms in total. The number of aliphatic hydroxyl groups excluding tert-OH is 2. The number of nitrogens with zero attached hydrogens (tertiary/aromatic N) is 5.